The van der Waals surface area contributed by atoms with Crippen LogP contribution in [-0.2, 0) is 4.74 Å². The van der Waals surface area contributed by atoms with Gasteiger partial charge in [0.15, 0.2) is 0 Å². The molecular formula is C11H18N4O3. The number of aromatic nitrogens is 2. The quantitative estimate of drug-likeness (QED) is 0.787. The summed E-state index contributed by atoms with van der Waals surface area (Å²) < 4.78 is 5.05. The Hall–Kier alpha value is -2.05. The minimum absolute atomic E-state index is 0.0623. The van der Waals surface area contributed by atoms with Gasteiger partial charge in [0.05, 0.1) is 6.67 Å². The van der Waals surface area contributed by atoms with Crippen LogP contribution in [0.15, 0.2) is 12.3 Å². The van der Waals surface area contributed by atoms with Crippen molar-refractivity contribution in [2.24, 2.45) is 0 Å². The lowest BCUT2D eigenvalue weighted by molar-refractivity contribution is 0.0490. The van der Waals surface area contributed by atoms with Crippen LogP contribution in [0.2, 0.25) is 0 Å². The molecule has 1 aromatic heterocycles. The smallest absolute Gasteiger partial charge is 0.409 e. The summed E-state index contributed by atoms with van der Waals surface area (Å²) in [6.07, 6.45) is 0.925. The van der Waals surface area contributed by atoms with Gasteiger partial charge in [0.25, 0.3) is 5.91 Å². The molecule has 7 nitrogen and oxygen atoms in total. The van der Waals surface area contributed by atoms with Crippen molar-refractivity contribution < 1.29 is 14.3 Å². The zero-order valence-electron chi connectivity index (χ0n) is 11.0. The molecule has 0 saturated carbocycles. The highest BCUT2D eigenvalue weighted by Crippen LogP contribution is 2.06. The van der Waals surface area contributed by atoms with E-state index in [1.807, 2.05) is 0 Å². The van der Waals surface area contributed by atoms with Crippen molar-refractivity contribution >= 4 is 12.0 Å². The lowest BCUT2D eigenvalue weighted by Gasteiger charge is -2.22. The molecule has 0 spiro atoms. The molecule has 0 fully saturated rings. The van der Waals surface area contributed by atoms with Crippen LogP contribution in [0.5, 0.6) is 0 Å². The summed E-state index contributed by atoms with van der Waals surface area (Å²) in [6.45, 7) is 5.37. The predicted molar refractivity (Wildman–Crippen MR) is 64.9 cm³/mol. The molecule has 1 rings (SSSR count). The van der Waals surface area contributed by atoms with Gasteiger partial charge >= 0.3 is 6.09 Å². The molecule has 0 aromatic carbocycles. The van der Waals surface area contributed by atoms with E-state index in [1.165, 1.54) is 11.1 Å². The van der Waals surface area contributed by atoms with Crippen LogP contribution in [0.25, 0.3) is 0 Å². The fraction of sp³-hybridized carbons (Fsp3) is 0.545. The third-order valence-electron chi connectivity index (χ3n) is 1.94. The monoisotopic (exact) mass is 254 g/mol. The molecular weight excluding hydrogens is 236 g/mol. The highest BCUT2D eigenvalue weighted by Gasteiger charge is 2.17. The van der Waals surface area contributed by atoms with Crippen molar-refractivity contribution in [3.8, 4) is 0 Å². The number of amides is 2. The minimum atomic E-state index is -0.563. The number of hydrogen-bond acceptors (Lipinski definition) is 4. The highest BCUT2D eigenvalue weighted by atomic mass is 16.6. The number of carbonyl (C=O) groups is 2. The van der Waals surface area contributed by atoms with E-state index in [0.29, 0.717) is 5.69 Å². The SMILES string of the molecule is CN(CNC(=O)OC(C)(C)C)C(=O)c1ccn[nH]1. The Morgan fingerprint density at radius 1 is 1.50 bits per heavy atom. The number of hydrogen-bond donors (Lipinski definition) is 2. The van der Waals surface area contributed by atoms with E-state index >= 15 is 0 Å². The highest BCUT2D eigenvalue weighted by molar-refractivity contribution is 5.92. The first-order valence-corrected chi connectivity index (χ1v) is 5.51. The van der Waals surface area contributed by atoms with Gasteiger partial charge in [-0.25, -0.2) is 4.79 Å². The fourth-order valence-electron chi connectivity index (χ4n) is 1.15. The maximum Gasteiger partial charge on any atom is 0.409 e. The molecule has 2 N–H and O–H groups in total. The average Bonchev–Trinajstić information content (AvgIpc) is 2.75. The second-order valence-corrected chi connectivity index (χ2v) is 4.81. The van der Waals surface area contributed by atoms with Crippen molar-refractivity contribution in [3.05, 3.63) is 18.0 Å². The van der Waals surface area contributed by atoms with Gasteiger partial charge in [0.1, 0.15) is 11.3 Å². The van der Waals surface area contributed by atoms with Crippen LogP contribution in [0, 0.1) is 0 Å². The largest absolute Gasteiger partial charge is 0.444 e. The van der Waals surface area contributed by atoms with Crippen LogP contribution in [0.4, 0.5) is 4.79 Å². The van der Waals surface area contributed by atoms with Gasteiger partial charge < -0.3 is 15.0 Å². The topological polar surface area (TPSA) is 87.3 Å². The number of rotatable bonds is 3. The number of ether oxygens (including phenoxy) is 1. The van der Waals surface area contributed by atoms with Crippen LogP contribution < -0.4 is 5.32 Å². The molecule has 1 aromatic rings. The van der Waals surface area contributed by atoms with Crippen molar-refractivity contribution in [3.63, 3.8) is 0 Å². The fourth-order valence-corrected chi connectivity index (χ4v) is 1.15. The third-order valence-corrected chi connectivity index (χ3v) is 1.94. The zero-order chi connectivity index (χ0) is 13.8. The molecule has 18 heavy (non-hydrogen) atoms. The van der Waals surface area contributed by atoms with Crippen molar-refractivity contribution in [2.75, 3.05) is 13.7 Å². The molecule has 2 amide bonds. The first-order chi connectivity index (χ1) is 8.29. The number of H-pyrrole nitrogens is 1. The molecule has 0 aliphatic rings. The van der Waals surface area contributed by atoms with Crippen molar-refractivity contribution in [1.29, 1.82) is 0 Å². The van der Waals surface area contributed by atoms with Crippen LogP contribution >= 0.6 is 0 Å². The van der Waals surface area contributed by atoms with Crippen molar-refractivity contribution in [1.82, 2.24) is 20.4 Å². The van der Waals surface area contributed by atoms with Crippen LogP contribution in [-0.4, -0.2) is 46.4 Å². The Balaban J connectivity index is 2.40. The maximum atomic E-state index is 11.8. The van der Waals surface area contributed by atoms with E-state index in [9.17, 15) is 9.59 Å². The Morgan fingerprint density at radius 2 is 2.17 bits per heavy atom. The van der Waals surface area contributed by atoms with Gasteiger partial charge in [-0.15, -0.1) is 0 Å². The summed E-state index contributed by atoms with van der Waals surface area (Å²) in [4.78, 5) is 24.5. The van der Waals surface area contributed by atoms with Gasteiger partial charge in [-0.2, -0.15) is 5.10 Å². The van der Waals surface area contributed by atoms with Crippen LogP contribution in [0.1, 0.15) is 31.3 Å². The van der Waals surface area contributed by atoms with Gasteiger partial charge in [0.2, 0.25) is 0 Å². The molecule has 0 bridgehead atoms. The first kappa shape index (κ1) is 14.0. The molecule has 0 aliphatic carbocycles. The molecule has 0 atom stereocenters. The lowest BCUT2D eigenvalue weighted by Crippen LogP contribution is -2.41. The second-order valence-electron chi connectivity index (χ2n) is 4.81. The average molecular weight is 254 g/mol. The number of alkyl carbamates (subject to hydrolysis) is 1. The summed E-state index contributed by atoms with van der Waals surface area (Å²) in [6, 6.07) is 1.56. The van der Waals surface area contributed by atoms with E-state index in [2.05, 4.69) is 15.5 Å². The molecule has 7 heteroatoms. The van der Waals surface area contributed by atoms with Gasteiger partial charge in [-0.05, 0) is 26.8 Å². The normalized spacial score (nSPS) is 10.9. The van der Waals surface area contributed by atoms with E-state index in [4.69, 9.17) is 4.74 Å². The van der Waals surface area contributed by atoms with Gasteiger partial charge in [-0.3, -0.25) is 9.89 Å². The first-order valence-electron chi connectivity index (χ1n) is 5.51. The number of nitrogens with zero attached hydrogens (tertiary/aromatic N) is 2. The number of carbonyl (C=O) groups excluding carboxylic acids is 2. The van der Waals surface area contributed by atoms with Gasteiger partial charge in [-0.1, -0.05) is 0 Å². The standard InChI is InChI=1S/C11H18N4O3/c1-11(2,3)18-10(17)12-7-15(4)9(16)8-5-6-13-14-8/h5-6H,7H2,1-4H3,(H,12,17)(H,13,14). The summed E-state index contributed by atoms with van der Waals surface area (Å²) in [5, 5.41) is 8.73. The third kappa shape index (κ3) is 4.44. The lowest BCUT2D eigenvalue weighted by atomic mass is 10.2. The van der Waals surface area contributed by atoms with Gasteiger partial charge in [0, 0.05) is 13.2 Å². The summed E-state index contributed by atoms with van der Waals surface area (Å²) >= 11 is 0. The molecule has 0 unspecified atom stereocenters. The van der Waals surface area contributed by atoms with E-state index in [-0.39, 0.29) is 12.6 Å². The second kappa shape index (κ2) is 5.52. The number of nitrogens with one attached hydrogen (secondary N) is 2. The maximum absolute atomic E-state index is 11.8. The zero-order valence-corrected chi connectivity index (χ0v) is 11.0. The van der Waals surface area contributed by atoms with E-state index < -0.39 is 11.7 Å². The van der Waals surface area contributed by atoms with E-state index in [1.54, 1.807) is 33.9 Å². The Bertz CT molecular complexity index is 408. The Kier molecular flexibility index (Phi) is 4.30. The van der Waals surface area contributed by atoms with E-state index in [0.717, 1.165) is 0 Å². The molecule has 100 valence electrons. The van der Waals surface area contributed by atoms with Crippen LogP contribution in [0.3, 0.4) is 0 Å². The molecule has 0 radical (unpaired) electrons. The summed E-state index contributed by atoms with van der Waals surface area (Å²) in [5.74, 6) is -0.261. The molecule has 0 aliphatic heterocycles. The summed E-state index contributed by atoms with van der Waals surface area (Å²) in [5.41, 5.74) is -0.195. The predicted octanol–water partition coefficient (Wildman–Crippen LogP) is 0.964. The number of aromatic amines is 1. The molecule has 0 saturated heterocycles. The minimum Gasteiger partial charge on any atom is -0.444 e. The summed E-state index contributed by atoms with van der Waals surface area (Å²) in [7, 11) is 1.57. The van der Waals surface area contributed by atoms with Crippen molar-refractivity contribution in [2.45, 2.75) is 26.4 Å². The Morgan fingerprint density at radius 3 is 2.67 bits per heavy atom. The Labute approximate surface area is 105 Å². The molecule has 1 heterocycles.